The molecule has 0 bridgehead atoms. The van der Waals surface area contributed by atoms with Crippen molar-refractivity contribution < 1.29 is 9.53 Å². The molecule has 1 saturated carbocycles. The van der Waals surface area contributed by atoms with Crippen LogP contribution in [0.3, 0.4) is 0 Å². The number of nitrogens with one attached hydrogen (secondary N) is 3. The largest absolute Gasteiger partial charge is 0.387 e. The first-order valence-corrected chi connectivity index (χ1v) is 10.3. The fraction of sp³-hybridized carbons (Fsp3) is 0.391. The fourth-order valence-electron chi connectivity index (χ4n) is 4.56. The Bertz CT molecular complexity index is 977. The number of carbonyl (C=O) groups is 1. The lowest BCUT2D eigenvalue weighted by Crippen LogP contribution is -2.30. The minimum absolute atomic E-state index is 0.0434. The van der Waals surface area contributed by atoms with Crippen LogP contribution in [0, 0.1) is 11.8 Å². The Balaban J connectivity index is 1.42. The number of hydrogen-bond acceptors (Lipinski definition) is 5. The molecule has 3 N–H and O–H groups in total. The molecule has 1 saturated heterocycles. The number of hydrogen-bond donors (Lipinski definition) is 3. The van der Waals surface area contributed by atoms with Gasteiger partial charge in [-0.25, -0.2) is 0 Å². The summed E-state index contributed by atoms with van der Waals surface area (Å²) in [5.41, 5.74) is 6.74. The molecule has 0 radical (unpaired) electrons. The molecule has 2 atom stereocenters. The van der Waals surface area contributed by atoms with Crippen molar-refractivity contribution >= 4 is 17.3 Å². The summed E-state index contributed by atoms with van der Waals surface area (Å²) in [7, 11) is 1.82. The molecule has 2 unspecified atom stereocenters. The van der Waals surface area contributed by atoms with Crippen molar-refractivity contribution in [3.63, 3.8) is 0 Å². The Kier molecular flexibility index (Phi) is 4.51. The van der Waals surface area contributed by atoms with Crippen molar-refractivity contribution in [1.82, 2.24) is 15.6 Å². The Morgan fingerprint density at radius 2 is 2.14 bits per heavy atom. The average molecular weight is 390 g/mol. The van der Waals surface area contributed by atoms with Crippen LogP contribution in [0.25, 0.3) is 5.70 Å². The molecule has 2 fully saturated rings. The van der Waals surface area contributed by atoms with Crippen molar-refractivity contribution in [3.8, 4) is 0 Å². The van der Waals surface area contributed by atoms with Crippen molar-refractivity contribution in [3.05, 3.63) is 65.0 Å². The molecule has 6 nitrogen and oxygen atoms in total. The number of benzene rings is 1. The molecule has 150 valence electrons. The van der Waals surface area contributed by atoms with E-state index in [0.29, 0.717) is 35.2 Å². The summed E-state index contributed by atoms with van der Waals surface area (Å²) in [5.74, 6) is 0.913. The van der Waals surface area contributed by atoms with Crippen LogP contribution < -0.4 is 16.0 Å². The van der Waals surface area contributed by atoms with E-state index in [-0.39, 0.29) is 11.9 Å². The highest BCUT2D eigenvalue weighted by atomic mass is 16.5. The van der Waals surface area contributed by atoms with E-state index in [1.165, 1.54) is 16.8 Å². The van der Waals surface area contributed by atoms with Crippen molar-refractivity contribution in [2.24, 2.45) is 11.8 Å². The molecule has 1 aromatic carbocycles. The van der Waals surface area contributed by atoms with Gasteiger partial charge in [-0.1, -0.05) is 18.7 Å². The van der Waals surface area contributed by atoms with Crippen LogP contribution in [-0.2, 0) is 17.6 Å². The molecule has 1 aliphatic carbocycles. The summed E-state index contributed by atoms with van der Waals surface area (Å²) in [4.78, 5) is 17.7. The van der Waals surface area contributed by atoms with Crippen molar-refractivity contribution in [2.45, 2.75) is 18.9 Å². The zero-order valence-corrected chi connectivity index (χ0v) is 16.6. The third kappa shape index (κ3) is 3.38. The number of nitrogens with zero attached hydrogens (tertiary/aromatic N) is 1. The molecule has 5 rings (SSSR count). The molecule has 29 heavy (non-hydrogen) atoms. The molecule has 2 aromatic rings. The molecule has 2 aliphatic heterocycles. The van der Waals surface area contributed by atoms with Crippen LogP contribution in [0.1, 0.15) is 32.9 Å². The maximum Gasteiger partial charge on any atom is 0.251 e. The lowest BCUT2D eigenvalue weighted by Gasteiger charge is -2.13. The van der Waals surface area contributed by atoms with E-state index in [4.69, 9.17) is 9.72 Å². The number of fused-ring (bicyclic) bond motifs is 2. The standard InChI is InChI=1S/C23H26N4O2/c1-13(24-2)21-10-15(23(28)27-22-18-11-29-12-19(18)22)9-16(26-21)8-14-4-3-5-20-17(14)6-7-25-20/h3-5,9-10,18-19,22,24-25H,1,6-8,11-12H2,2H3,(H,27,28). The predicted octanol–water partition coefficient (Wildman–Crippen LogP) is 2.21. The van der Waals surface area contributed by atoms with Gasteiger partial charge in [0.2, 0.25) is 0 Å². The summed E-state index contributed by atoms with van der Waals surface area (Å²) in [6, 6.07) is 10.3. The Hall–Kier alpha value is -2.86. The Labute approximate surface area is 170 Å². The number of amides is 1. The maximum absolute atomic E-state index is 12.9. The molecule has 1 aromatic heterocycles. The molecular formula is C23H26N4O2. The number of aromatic nitrogens is 1. The van der Waals surface area contributed by atoms with E-state index in [1.54, 1.807) is 0 Å². The van der Waals surface area contributed by atoms with Gasteiger partial charge in [-0.2, -0.15) is 0 Å². The number of pyridine rings is 1. The average Bonchev–Trinajstić information content (AvgIpc) is 3.14. The van der Waals surface area contributed by atoms with Crippen molar-refractivity contribution in [2.75, 3.05) is 32.1 Å². The molecule has 3 aliphatic rings. The predicted molar refractivity (Wildman–Crippen MR) is 113 cm³/mol. The summed E-state index contributed by atoms with van der Waals surface area (Å²) < 4.78 is 5.42. The number of carbonyl (C=O) groups excluding carboxylic acids is 1. The molecule has 1 amide bonds. The van der Waals surface area contributed by atoms with Crippen molar-refractivity contribution in [1.29, 1.82) is 0 Å². The van der Waals surface area contributed by atoms with Gasteiger partial charge in [-0.15, -0.1) is 0 Å². The summed E-state index contributed by atoms with van der Waals surface area (Å²) in [5, 5.41) is 9.66. The topological polar surface area (TPSA) is 75.3 Å². The van der Waals surface area contributed by atoms with E-state index >= 15 is 0 Å². The monoisotopic (exact) mass is 390 g/mol. The smallest absolute Gasteiger partial charge is 0.251 e. The van der Waals surface area contributed by atoms with E-state index in [9.17, 15) is 4.79 Å². The first-order valence-electron chi connectivity index (χ1n) is 10.3. The second kappa shape index (κ2) is 7.19. The molecule has 3 heterocycles. The van der Waals surface area contributed by atoms with Crippen LogP contribution in [0.2, 0.25) is 0 Å². The molecule has 0 spiro atoms. The maximum atomic E-state index is 12.9. The minimum atomic E-state index is -0.0434. The van der Waals surface area contributed by atoms with Gasteiger partial charge in [0.05, 0.1) is 24.6 Å². The lowest BCUT2D eigenvalue weighted by molar-refractivity contribution is 0.0928. The fourth-order valence-corrected chi connectivity index (χ4v) is 4.56. The normalized spacial score (nSPS) is 23.7. The highest BCUT2D eigenvalue weighted by molar-refractivity contribution is 5.95. The Morgan fingerprint density at radius 1 is 1.31 bits per heavy atom. The second-order valence-corrected chi connectivity index (χ2v) is 8.12. The molecular weight excluding hydrogens is 364 g/mol. The number of rotatable bonds is 6. The summed E-state index contributed by atoms with van der Waals surface area (Å²) in [6.07, 6.45) is 1.72. The first kappa shape index (κ1) is 18.2. The van der Waals surface area contributed by atoms with Gasteiger partial charge in [0.15, 0.2) is 0 Å². The minimum Gasteiger partial charge on any atom is -0.387 e. The zero-order chi connectivity index (χ0) is 20.0. The zero-order valence-electron chi connectivity index (χ0n) is 16.6. The van der Waals surface area contributed by atoms with E-state index in [1.807, 2.05) is 19.2 Å². The number of anilines is 1. The third-order valence-electron chi connectivity index (χ3n) is 6.34. The summed E-state index contributed by atoms with van der Waals surface area (Å²) in [6.45, 7) is 6.52. The van der Waals surface area contributed by atoms with E-state index < -0.39 is 0 Å². The van der Waals surface area contributed by atoms with Crippen LogP contribution in [0.5, 0.6) is 0 Å². The quantitative estimate of drug-likeness (QED) is 0.705. The van der Waals surface area contributed by atoms with Crippen LogP contribution in [0.15, 0.2) is 36.9 Å². The van der Waals surface area contributed by atoms with Gasteiger partial charge in [0, 0.05) is 54.8 Å². The van der Waals surface area contributed by atoms with Gasteiger partial charge in [-0.3, -0.25) is 9.78 Å². The summed E-state index contributed by atoms with van der Waals surface area (Å²) >= 11 is 0. The van der Waals surface area contributed by atoms with Gasteiger partial charge < -0.3 is 20.7 Å². The molecule has 6 heteroatoms. The van der Waals surface area contributed by atoms with Gasteiger partial charge in [0.25, 0.3) is 5.91 Å². The van der Waals surface area contributed by atoms with Gasteiger partial charge in [-0.05, 0) is 35.7 Å². The third-order valence-corrected chi connectivity index (χ3v) is 6.34. The van der Waals surface area contributed by atoms with Crippen LogP contribution in [-0.4, -0.2) is 43.7 Å². The van der Waals surface area contributed by atoms with Gasteiger partial charge in [0.1, 0.15) is 0 Å². The highest BCUT2D eigenvalue weighted by Gasteiger charge is 2.54. The van der Waals surface area contributed by atoms with Gasteiger partial charge >= 0.3 is 0 Å². The van der Waals surface area contributed by atoms with Crippen LogP contribution in [0.4, 0.5) is 5.69 Å². The Morgan fingerprint density at radius 3 is 2.93 bits per heavy atom. The van der Waals surface area contributed by atoms with E-state index in [0.717, 1.165) is 31.9 Å². The number of ether oxygens (including phenoxy) is 1. The SMILES string of the molecule is C=C(NC)c1cc(C(=O)NC2C3COCC32)cc(Cc2cccc3c2CCN3)n1. The highest BCUT2D eigenvalue weighted by Crippen LogP contribution is 2.44. The second-order valence-electron chi connectivity index (χ2n) is 8.12. The first-order chi connectivity index (χ1) is 14.1. The van der Waals surface area contributed by atoms with E-state index in [2.05, 4.69) is 40.7 Å². The lowest BCUT2D eigenvalue weighted by atomic mass is 9.99. The van der Waals surface area contributed by atoms with Crippen LogP contribution >= 0.6 is 0 Å².